The van der Waals surface area contributed by atoms with Crippen molar-refractivity contribution in [1.29, 1.82) is 0 Å². The van der Waals surface area contributed by atoms with Crippen molar-refractivity contribution in [2.75, 3.05) is 6.61 Å². The van der Waals surface area contributed by atoms with Crippen LogP contribution in [0, 0.1) is 6.92 Å². The molecule has 20 heavy (non-hydrogen) atoms. The van der Waals surface area contributed by atoms with Crippen LogP contribution >= 0.6 is 0 Å². The zero-order chi connectivity index (χ0) is 14.4. The molecule has 0 radical (unpaired) electrons. The van der Waals surface area contributed by atoms with Gasteiger partial charge >= 0.3 is 0 Å². The summed E-state index contributed by atoms with van der Waals surface area (Å²) in [6, 6.07) is 17.0. The van der Waals surface area contributed by atoms with E-state index in [2.05, 4.69) is 69.0 Å². The van der Waals surface area contributed by atoms with Crippen LogP contribution in [0.2, 0.25) is 0 Å². The lowest BCUT2D eigenvalue weighted by molar-refractivity contribution is 0.357. The van der Waals surface area contributed by atoms with Gasteiger partial charge in [0, 0.05) is 11.5 Å². The van der Waals surface area contributed by atoms with Gasteiger partial charge in [-0.1, -0.05) is 67.6 Å². The van der Waals surface area contributed by atoms with Gasteiger partial charge in [0.2, 0.25) is 0 Å². The van der Waals surface area contributed by atoms with Gasteiger partial charge in [0.1, 0.15) is 12.4 Å². The molecule has 0 N–H and O–H groups in total. The lowest BCUT2D eigenvalue weighted by Gasteiger charge is -2.20. The van der Waals surface area contributed by atoms with Crippen molar-refractivity contribution < 1.29 is 4.74 Å². The van der Waals surface area contributed by atoms with Crippen LogP contribution in [0.15, 0.2) is 61.2 Å². The van der Waals surface area contributed by atoms with Crippen molar-refractivity contribution in [3.8, 4) is 5.75 Å². The zero-order valence-electron chi connectivity index (χ0n) is 12.3. The Hall–Kier alpha value is -2.02. The second kappa shape index (κ2) is 6.95. The Bertz CT molecular complexity index is 557. The second-order valence-electron chi connectivity index (χ2n) is 5.01. The first kappa shape index (κ1) is 14.4. The molecule has 0 bridgehead atoms. The van der Waals surface area contributed by atoms with E-state index in [-0.39, 0.29) is 0 Å². The molecule has 2 rings (SSSR count). The fraction of sp³-hybridized carbons (Fsp3) is 0.263. The Balaban J connectivity index is 2.42. The maximum atomic E-state index is 5.83. The van der Waals surface area contributed by atoms with Crippen molar-refractivity contribution >= 4 is 0 Å². The molecule has 0 aliphatic heterocycles. The number of hydrogen-bond donors (Lipinski definition) is 0. The predicted molar refractivity (Wildman–Crippen MR) is 85.4 cm³/mol. The highest BCUT2D eigenvalue weighted by atomic mass is 16.5. The summed E-state index contributed by atoms with van der Waals surface area (Å²) < 4.78 is 5.83. The topological polar surface area (TPSA) is 9.23 Å². The van der Waals surface area contributed by atoms with E-state index >= 15 is 0 Å². The molecule has 1 nitrogen and oxygen atoms in total. The number of benzene rings is 2. The SMILES string of the molecule is C=CCOc1ccc(C)cc1C(CC)c1ccccc1. The van der Waals surface area contributed by atoms with Gasteiger partial charge in [-0.25, -0.2) is 0 Å². The highest BCUT2D eigenvalue weighted by Crippen LogP contribution is 2.35. The van der Waals surface area contributed by atoms with Crippen LogP contribution < -0.4 is 4.74 Å². The molecule has 0 aliphatic rings. The normalized spacial score (nSPS) is 11.9. The largest absolute Gasteiger partial charge is 0.489 e. The van der Waals surface area contributed by atoms with Gasteiger partial charge in [0.05, 0.1) is 0 Å². The Labute approximate surface area is 121 Å². The van der Waals surface area contributed by atoms with Crippen LogP contribution in [0.1, 0.15) is 36.0 Å². The standard InChI is InChI=1S/C19H22O/c1-4-13-20-19-12-11-15(3)14-18(19)17(5-2)16-9-7-6-8-10-16/h4,6-12,14,17H,1,5,13H2,2-3H3. The quantitative estimate of drug-likeness (QED) is 0.661. The molecule has 0 heterocycles. The summed E-state index contributed by atoms with van der Waals surface area (Å²) in [7, 11) is 0. The predicted octanol–water partition coefficient (Wildman–Crippen LogP) is 5.10. The van der Waals surface area contributed by atoms with Crippen LogP contribution in [-0.2, 0) is 0 Å². The van der Waals surface area contributed by atoms with Gasteiger partial charge < -0.3 is 4.74 Å². The second-order valence-corrected chi connectivity index (χ2v) is 5.01. The fourth-order valence-corrected chi connectivity index (χ4v) is 2.54. The third kappa shape index (κ3) is 3.30. The number of aryl methyl sites for hydroxylation is 1. The summed E-state index contributed by atoms with van der Waals surface area (Å²) in [5.74, 6) is 1.34. The first-order valence-corrected chi connectivity index (χ1v) is 7.15. The molecule has 2 aromatic rings. The number of rotatable bonds is 6. The van der Waals surface area contributed by atoms with E-state index in [0.29, 0.717) is 12.5 Å². The van der Waals surface area contributed by atoms with E-state index in [1.807, 2.05) is 0 Å². The summed E-state index contributed by atoms with van der Waals surface area (Å²) in [6.45, 7) is 8.61. The van der Waals surface area contributed by atoms with E-state index in [0.717, 1.165) is 12.2 Å². The first-order valence-electron chi connectivity index (χ1n) is 7.15. The smallest absolute Gasteiger partial charge is 0.123 e. The van der Waals surface area contributed by atoms with Crippen molar-refractivity contribution in [3.05, 3.63) is 77.9 Å². The van der Waals surface area contributed by atoms with E-state index in [1.54, 1.807) is 6.08 Å². The lowest BCUT2D eigenvalue weighted by Crippen LogP contribution is -2.04. The van der Waals surface area contributed by atoms with Gasteiger partial charge in [-0.3, -0.25) is 0 Å². The van der Waals surface area contributed by atoms with E-state index < -0.39 is 0 Å². The monoisotopic (exact) mass is 266 g/mol. The minimum absolute atomic E-state index is 0.371. The molecular formula is C19H22O. The van der Waals surface area contributed by atoms with Crippen molar-refractivity contribution in [3.63, 3.8) is 0 Å². The average molecular weight is 266 g/mol. The van der Waals surface area contributed by atoms with Crippen LogP contribution in [0.25, 0.3) is 0 Å². The van der Waals surface area contributed by atoms with Gasteiger partial charge in [-0.15, -0.1) is 0 Å². The van der Waals surface area contributed by atoms with Gasteiger partial charge in [-0.2, -0.15) is 0 Å². The summed E-state index contributed by atoms with van der Waals surface area (Å²) in [5, 5.41) is 0. The number of hydrogen-bond acceptors (Lipinski definition) is 1. The molecule has 1 unspecified atom stereocenters. The molecule has 0 saturated heterocycles. The van der Waals surface area contributed by atoms with Crippen LogP contribution in [0.4, 0.5) is 0 Å². The molecule has 0 amide bonds. The molecule has 1 heteroatoms. The third-order valence-electron chi connectivity index (χ3n) is 3.51. The molecule has 0 spiro atoms. The maximum absolute atomic E-state index is 5.83. The molecular weight excluding hydrogens is 244 g/mol. The van der Waals surface area contributed by atoms with Crippen molar-refractivity contribution in [2.24, 2.45) is 0 Å². The van der Waals surface area contributed by atoms with Gasteiger partial charge in [0.15, 0.2) is 0 Å². The average Bonchev–Trinajstić information content (AvgIpc) is 2.48. The molecule has 0 fully saturated rings. The zero-order valence-corrected chi connectivity index (χ0v) is 12.3. The number of ether oxygens (including phenoxy) is 1. The van der Waals surface area contributed by atoms with Crippen LogP contribution in [-0.4, -0.2) is 6.61 Å². The highest BCUT2D eigenvalue weighted by molar-refractivity contribution is 5.44. The molecule has 104 valence electrons. The van der Waals surface area contributed by atoms with Gasteiger partial charge in [-0.05, 0) is 25.0 Å². The minimum Gasteiger partial charge on any atom is -0.489 e. The highest BCUT2D eigenvalue weighted by Gasteiger charge is 2.16. The van der Waals surface area contributed by atoms with Crippen molar-refractivity contribution in [2.45, 2.75) is 26.2 Å². The molecule has 0 aliphatic carbocycles. The van der Waals surface area contributed by atoms with E-state index in [1.165, 1.54) is 16.7 Å². The Kier molecular flexibility index (Phi) is 5.00. The lowest BCUT2D eigenvalue weighted by atomic mass is 9.88. The van der Waals surface area contributed by atoms with Crippen LogP contribution in [0.3, 0.4) is 0 Å². The maximum Gasteiger partial charge on any atom is 0.123 e. The van der Waals surface area contributed by atoms with E-state index in [4.69, 9.17) is 4.74 Å². The fourth-order valence-electron chi connectivity index (χ4n) is 2.54. The van der Waals surface area contributed by atoms with Crippen LogP contribution in [0.5, 0.6) is 5.75 Å². The third-order valence-corrected chi connectivity index (χ3v) is 3.51. The molecule has 0 aromatic heterocycles. The van der Waals surface area contributed by atoms with Gasteiger partial charge in [0.25, 0.3) is 0 Å². The minimum atomic E-state index is 0.371. The summed E-state index contributed by atoms with van der Waals surface area (Å²) in [6.07, 6.45) is 2.84. The summed E-state index contributed by atoms with van der Waals surface area (Å²) >= 11 is 0. The molecule has 0 saturated carbocycles. The Morgan fingerprint density at radius 2 is 1.90 bits per heavy atom. The summed E-state index contributed by atoms with van der Waals surface area (Å²) in [4.78, 5) is 0. The summed E-state index contributed by atoms with van der Waals surface area (Å²) in [5.41, 5.74) is 3.87. The Morgan fingerprint density at radius 3 is 2.55 bits per heavy atom. The van der Waals surface area contributed by atoms with Crippen molar-refractivity contribution in [1.82, 2.24) is 0 Å². The first-order chi connectivity index (χ1) is 9.76. The Morgan fingerprint density at radius 1 is 1.15 bits per heavy atom. The molecule has 1 atom stereocenters. The molecule has 2 aromatic carbocycles. The van der Waals surface area contributed by atoms with E-state index in [9.17, 15) is 0 Å².